The van der Waals surface area contributed by atoms with E-state index in [1.807, 2.05) is 30.3 Å². The summed E-state index contributed by atoms with van der Waals surface area (Å²) in [6.45, 7) is 0. The van der Waals surface area contributed by atoms with Gasteiger partial charge in [-0.3, -0.25) is 15.0 Å². The largest absolute Gasteiger partial charge is 0.480 e. The number of pyridine rings is 3. The van der Waals surface area contributed by atoms with Gasteiger partial charge in [-0.2, -0.15) is 0 Å². The Balaban J connectivity index is 1.66. The van der Waals surface area contributed by atoms with Crippen LogP contribution in [-0.4, -0.2) is 32.1 Å². The van der Waals surface area contributed by atoms with E-state index in [4.69, 9.17) is 0 Å². The first-order chi connectivity index (χ1) is 16.1. The molecule has 0 radical (unpaired) electrons. The van der Waals surface area contributed by atoms with Crippen LogP contribution in [0.4, 0.5) is 10.1 Å². The minimum absolute atomic E-state index is 0.0833. The zero-order chi connectivity index (χ0) is 23.0. The number of anilines is 1. The Morgan fingerprint density at radius 1 is 0.879 bits per heavy atom. The molecule has 0 bridgehead atoms. The molecule has 0 aliphatic heterocycles. The monoisotopic (exact) mass is 442 g/mol. The van der Waals surface area contributed by atoms with E-state index in [9.17, 15) is 14.3 Å². The molecular weight excluding hydrogens is 419 g/mol. The third kappa shape index (κ3) is 5.77. The third-order valence-corrected chi connectivity index (χ3v) is 5.46. The van der Waals surface area contributed by atoms with Crippen LogP contribution >= 0.6 is 0 Å². The highest BCUT2D eigenvalue weighted by atomic mass is 19.1. The Morgan fingerprint density at radius 3 is 2.06 bits per heavy atom. The number of hydrogen-bond acceptors (Lipinski definition) is 5. The molecule has 4 rings (SSSR count). The van der Waals surface area contributed by atoms with E-state index in [2.05, 4.69) is 20.3 Å². The van der Waals surface area contributed by atoms with Crippen LogP contribution in [0, 0.1) is 5.82 Å². The van der Waals surface area contributed by atoms with E-state index in [0.717, 1.165) is 22.3 Å². The molecule has 3 heterocycles. The molecule has 166 valence electrons. The van der Waals surface area contributed by atoms with Crippen molar-refractivity contribution in [2.24, 2.45) is 0 Å². The lowest BCUT2D eigenvalue weighted by Gasteiger charge is -2.22. The summed E-state index contributed by atoms with van der Waals surface area (Å²) in [4.78, 5) is 24.5. The lowest BCUT2D eigenvalue weighted by Crippen LogP contribution is -2.32. The van der Waals surface area contributed by atoms with E-state index in [0.29, 0.717) is 12.1 Å². The average Bonchev–Trinajstić information content (AvgIpc) is 2.85. The number of aliphatic carboxylic acids is 1. The van der Waals surface area contributed by atoms with Gasteiger partial charge in [0.2, 0.25) is 0 Å². The topological polar surface area (TPSA) is 88.0 Å². The van der Waals surface area contributed by atoms with Crippen molar-refractivity contribution in [3.05, 3.63) is 120 Å². The second kappa shape index (κ2) is 10.5. The maximum Gasteiger partial charge on any atom is 0.326 e. The molecule has 6 nitrogen and oxygen atoms in total. The molecule has 0 saturated heterocycles. The predicted molar refractivity (Wildman–Crippen MR) is 123 cm³/mol. The van der Waals surface area contributed by atoms with Crippen LogP contribution in [0.1, 0.15) is 28.2 Å². The van der Waals surface area contributed by atoms with Crippen LogP contribution in [0.25, 0.3) is 0 Å². The fourth-order valence-corrected chi connectivity index (χ4v) is 3.82. The molecule has 1 atom stereocenters. The number of hydrogen-bond donors (Lipinski definition) is 2. The molecule has 0 aliphatic carbocycles. The number of carbonyl (C=O) groups is 1. The molecule has 7 heteroatoms. The lowest BCUT2D eigenvalue weighted by atomic mass is 9.87. The van der Waals surface area contributed by atoms with Gasteiger partial charge < -0.3 is 10.4 Å². The van der Waals surface area contributed by atoms with Crippen LogP contribution < -0.4 is 5.32 Å². The van der Waals surface area contributed by atoms with Crippen molar-refractivity contribution in [1.29, 1.82) is 0 Å². The normalized spacial score (nSPS) is 11.8. The molecule has 1 aromatic carbocycles. The molecule has 0 aliphatic rings. The van der Waals surface area contributed by atoms with Crippen molar-refractivity contribution in [3.63, 3.8) is 0 Å². The van der Waals surface area contributed by atoms with Gasteiger partial charge in [0, 0.05) is 55.2 Å². The van der Waals surface area contributed by atoms with E-state index >= 15 is 0 Å². The molecule has 0 fully saturated rings. The van der Waals surface area contributed by atoms with Gasteiger partial charge >= 0.3 is 5.97 Å². The first kappa shape index (κ1) is 22.1. The maximum absolute atomic E-state index is 14.2. The van der Waals surface area contributed by atoms with Crippen molar-refractivity contribution in [2.75, 3.05) is 5.32 Å². The van der Waals surface area contributed by atoms with Gasteiger partial charge in [-0.05, 0) is 59.0 Å². The number of nitrogens with zero attached hydrogens (tertiary/aromatic N) is 3. The minimum atomic E-state index is -1.02. The number of nitrogens with one attached hydrogen (secondary N) is 1. The number of aromatic nitrogens is 3. The minimum Gasteiger partial charge on any atom is -0.480 e. The number of carboxylic acid groups (broad SMARTS) is 1. The van der Waals surface area contributed by atoms with Gasteiger partial charge in [0.1, 0.15) is 11.9 Å². The number of halogens is 1. The molecular formula is C26H23FN4O2. The standard InChI is InChI=1S/C26H23FN4O2/c27-22-8-7-19(13-23(20-5-2-10-29-16-20)21-6-3-11-30-17-21)24(14-22)31-25(26(32)33)12-18-4-1-9-28-15-18/h1-11,14-17,23,25,31H,12-13H2,(H,32,33). The Morgan fingerprint density at radius 2 is 1.52 bits per heavy atom. The number of rotatable bonds is 9. The smallest absolute Gasteiger partial charge is 0.326 e. The van der Waals surface area contributed by atoms with Crippen LogP contribution in [0.3, 0.4) is 0 Å². The molecule has 0 amide bonds. The van der Waals surface area contributed by atoms with Crippen LogP contribution in [0.5, 0.6) is 0 Å². The van der Waals surface area contributed by atoms with Gasteiger partial charge in [-0.25, -0.2) is 9.18 Å². The molecule has 2 N–H and O–H groups in total. The highest BCUT2D eigenvalue weighted by Crippen LogP contribution is 2.31. The van der Waals surface area contributed by atoms with Gasteiger partial charge in [0.25, 0.3) is 0 Å². The van der Waals surface area contributed by atoms with Crippen molar-refractivity contribution < 1.29 is 14.3 Å². The zero-order valence-corrected chi connectivity index (χ0v) is 17.8. The summed E-state index contributed by atoms with van der Waals surface area (Å²) in [6.07, 6.45) is 11.0. The number of benzene rings is 1. The first-order valence-corrected chi connectivity index (χ1v) is 10.6. The molecule has 33 heavy (non-hydrogen) atoms. The summed E-state index contributed by atoms with van der Waals surface area (Å²) >= 11 is 0. The lowest BCUT2D eigenvalue weighted by molar-refractivity contribution is -0.137. The second-order valence-corrected chi connectivity index (χ2v) is 7.73. The summed E-state index contributed by atoms with van der Waals surface area (Å²) in [5.74, 6) is -1.55. The molecule has 0 spiro atoms. The Labute approximate surface area is 191 Å². The second-order valence-electron chi connectivity index (χ2n) is 7.73. The fraction of sp³-hybridized carbons (Fsp3) is 0.154. The highest BCUT2D eigenvalue weighted by molar-refractivity contribution is 5.78. The Bertz CT molecular complexity index is 1150. The summed E-state index contributed by atoms with van der Waals surface area (Å²) in [5, 5.41) is 12.8. The van der Waals surface area contributed by atoms with Crippen molar-refractivity contribution in [3.8, 4) is 0 Å². The SMILES string of the molecule is O=C(O)C(Cc1cccnc1)Nc1cc(F)ccc1CC(c1cccnc1)c1cccnc1. The Hall–Kier alpha value is -4.13. The van der Waals surface area contributed by atoms with Crippen LogP contribution in [0.2, 0.25) is 0 Å². The fourth-order valence-electron chi connectivity index (χ4n) is 3.82. The molecule has 1 unspecified atom stereocenters. The van der Waals surface area contributed by atoms with Crippen molar-refractivity contribution in [2.45, 2.75) is 24.8 Å². The summed E-state index contributed by atoms with van der Waals surface area (Å²) < 4.78 is 14.2. The average molecular weight is 442 g/mol. The number of carboxylic acids is 1. The van der Waals surface area contributed by atoms with Crippen LogP contribution in [0.15, 0.2) is 91.8 Å². The van der Waals surface area contributed by atoms with E-state index in [1.54, 1.807) is 49.3 Å². The van der Waals surface area contributed by atoms with Crippen LogP contribution in [-0.2, 0) is 17.6 Å². The van der Waals surface area contributed by atoms with Crippen molar-refractivity contribution >= 4 is 11.7 Å². The molecule has 4 aromatic rings. The van der Waals surface area contributed by atoms with Crippen molar-refractivity contribution in [1.82, 2.24) is 15.0 Å². The third-order valence-electron chi connectivity index (χ3n) is 5.46. The quantitative estimate of drug-likeness (QED) is 0.397. The van der Waals surface area contributed by atoms with E-state index < -0.39 is 17.8 Å². The summed E-state index contributed by atoms with van der Waals surface area (Å²) in [6, 6.07) is 14.8. The Kier molecular flexibility index (Phi) is 6.99. The molecule has 0 saturated carbocycles. The zero-order valence-electron chi connectivity index (χ0n) is 17.8. The predicted octanol–water partition coefficient (Wildman–Crippen LogP) is 4.49. The molecule has 3 aromatic heterocycles. The summed E-state index contributed by atoms with van der Waals surface area (Å²) in [5.41, 5.74) is 4.01. The summed E-state index contributed by atoms with van der Waals surface area (Å²) in [7, 11) is 0. The first-order valence-electron chi connectivity index (χ1n) is 10.6. The van der Waals surface area contributed by atoms with Gasteiger partial charge in [0.15, 0.2) is 0 Å². The van der Waals surface area contributed by atoms with Gasteiger partial charge in [-0.1, -0.05) is 24.3 Å². The van der Waals surface area contributed by atoms with E-state index in [1.165, 1.54) is 12.1 Å². The highest BCUT2D eigenvalue weighted by Gasteiger charge is 2.22. The van der Waals surface area contributed by atoms with E-state index in [-0.39, 0.29) is 12.3 Å². The van der Waals surface area contributed by atoms with Gasteiger partial charge in [0.05, 0.1) is 0 Å². The van der Waals surface area contributed by atoms with Gasteiger partial charge in [-0.15, -0.1) is 0 Å². The maximum atomic E-state index is 14.2.